The topological polar surface area (TPSA) is 187 Å². The van der Waals surface area contributed by atoms with Crippen LogP contribution >= 0.6 is 25.3 Å². The highest BCUT2D eigenvalue weighted by Gasteiger charge is 2.32. The number of hydrogen-bond donors (Lipinski definition) is 9. The molecule has 34 heavy (non-hydrogen) atoms. The highest BCUT2D eigenvalue weighted by molar-refractivity contribution is 7.80. The first-order valence-electron chi connectivity index (χ1n) is 10.4. The minimum Gasteiger partial charge on any atom is -0.480 e. The quantitative estimate of drug-likeness (QED) is 0.160. The number of rotatable bonds is 12. The summed E-state index contributed by atoms with van der Waals surface area (Å²) in [5.41, 5.74) is 7.76. The Balaban J connectivity index is 2.03. The maximum atomic E-state index is 12.7. The normalized spacial score (nSPS) is 15.6. The number of nitrogens with one attached hydrogen (secondary N) is 4. The number of H-pyrrole nitrogens is 1. The number of carboxylic acid groups (broad SMARTS) is 1. The van der Waals surface area contributed by atoms with Gasteiger partial charge in [0.25, 0.3) is 0 Å². The minimum atomic E-state index is -1.41. The highest BCUT2D eigenvalue weighted by atomic mass is 32.1. The van der Waals surface area contributed by atoms with E-state index in [1.807, 2.05) is 24.3 Å². The minimum absolute atomic E-state index is 0.156. The van der Waals surface area contributed by atoms with Crippen LogP contribution in [0.5, 0.6) is 0 Å². The number of benzene rings is 1. The lowest BCUT2D eigenvalue weighted by molar-refractivity contribution is -0.141. The van der Waals surface area contributed by atoms with Crippen LogP contribution in [0.4, 0.5) is 0 Å². The van der Waals surface area contributed by atoms with Crippen molar-refractivity contribution in [2.75, 3.05) is 11.5 Å². The molecule has 1 heterocycles. The summed E-state index contributed by atoms with van der Waals surface area (Å²) in [5.74, 6) is -3.91. The Morgan fingerprint density at radius 2 is 1.62 bits per heavy atom. The number of nitrogens with two attached hydrogens (primary N) is 1. The monoisotopic (exact) mass is 511 g/mol. The van der Waals surface area contributed by atoms with E-state index in [0.717, 1.165) is 16.5 Å². The van der Waals surface area contributed by atoms with Crippen molar-refractivity contribution in [2.45, 2.75) is 43.6 Å². The van der Waals surface area contributed by atoms with Gasteiger partial charge in [-0.15, -0.1) is 0 Å². The van der Waals surface area contributed by atoms with E-state index in [1.165, 1.54) is 6.92 Å². The second-order valence-corrected chi connectivity index (χ2v) is 8.45. The number of thiol groups is 2. The van der Waals surface area contributed by atoms with Gasteiger partial charge in [0.15, 0.2) is 0 Å². The molecule has 0 spiro atoms. The Hall–Kier alpha value is -2.74. The van der Waals surface area contributed by atoms with Crippen LogP contribution in [0.15, 0.2) is 30.5 Å². The van der Waals surface area contributed by atoms with E-state index in [0.29, 0.717) is 0 Å². The van der Waals surface area contributed by atoms with Crippen LogP contribution in [0, 0.1) is 0 Å². The molecule has 0 radical (unpaired) electrons. The average Bonchev–Trinajstić information content (AvgIpc) is 3.21. The van der Waals surface area contributed by atoms with Gasteiger partial charge < -0.3 is 36.9 Å². The third kappa shape index (κ3) is 7.13. The summed E-state index contributed by atoms with van der Waals surface area (Å²) >= 11 is 7.89. The molecule has 0 bridgehead atoms. The van der Waals surface area contributed by atoms with Crippen LogP contribution in [0.1, 0.15) is 12.5 Å². The summed E-state index contributed by atoms with van der Waals surface area (Å²) in [6.07, 6.45) is 0.630. The number of aliphatic hydroxyl groups is 1. The Labute approximate surface area is 207 Å². The molecule has 1 aromatic carbocycles. The molecule has 13 heteroatoms. The van der Waals surface area contributed by atoms with Crippen LogP contribution < -0.4 is 21.7 Å². The van der Waals surface area contributed by atoms with E-state index >= 15 is 0 Å². The van der Waals surface area contributed by atoms with Crippen molar-refractivity contribution < 1.29 is 29.4 Å². The lowest BCUT2D eigenvalue weighted by Crippen LogP contribution is -2.60. The van der Waals surface area contributed by atoms with E-state index < -0.39 is 54.0 Å². The molecule has 0 aliphatic carbocycles. The van der Waals surface area contributed by atoms with Crippen molar-refractivity contribution >= 4 is 59.9 Å². The summed E-state index contributed by atoms with van der Waals surface area (Å²) in [6, 6.07) is 2.63. The van der Waals surface area contributed by atoms with Crippen LogP contribution in [0.3, 0.4) is 0 Å². The summed E-state index contributed by atoms with van der Waals surface area (Å²) in [4.78, 5) is 51.9. The maximum absolute atomic E-state index is 12.7. The number of aromatic nitrogens is 1. The molecule has 8 N–H and O–H groups in total. The SMILES string of the molecule is CC(O)C(NC(=O)C(N)Cc1c[nH]c2ccccc12)C(=O)NC(CS)C(=O)NC(CS)C(=O)O. The Morgan fingerprint density at radius 1 is 1.00 bits per heavy atom. The van der Waals surface area contributed by atoms with Gasteiger partial charge in [0.2, 0.25) is 17.7 Å². The molecule has 5 atom stereocenters. The first kappa shape index (κ1) is 27.5. The molecule has 0 saturated carbocycles. The highest BCUT2D eigenvalue weighted by Crippen LogP contribution is 2.18. The van der Waals surface area contributed by atoms with Crippen molar-refractivity contribution in [3.63, 3.8) is 0 Å². The average molecular weight is 512 g/mol. The molecule has 11 nitrogen and oxygen atoms in total. The fourth-order valence-corrected chi connectivity index (χ4v) is 3.71. The zero-order valence-corrected chi connectivity index (χ0v) is 20.2. The third-order valence-electron chi connectivity index (χ3n) is 5.13. The molecule has 3 amide bonds. The molecule has 0 aliphatic rings. The molecule has 0 saturated heterocycles. The van der Waals surface area contributed by atoms with Crippen LogP contribution in [-0.2, 0) is 25.6 Å². The van der Waals surface area contributed by atoms with Crippen molar-refractivity contribution in [1.82, 2.24) is 20.9 Å². The molecular formula is C21H29N5O6S2. The summed E-state index contributed by atoms with van der Waals surface area (Å²) in [7, 11) is 0. The first-order chi connectivity index (χ1) is 16.1. The zero-order valence-electron chi connectivity index (χ0n) is 18.4. The Kier molecular flexibility index (Phi) is 10.2. The number of aliphatic hydroxyl groups excluding tert-OH is 1. The van der Waals surface area contributed by atoms with Gasteiger partial charge in [-0.3, -0.25) is 14.4 Å². The zero-order chi connectivity index (χ0) is 25.4. The van der Waals surface area contributed by atoms with E-state index in [-0.39, 0.29) is 17.9 Å². The van der Waals surface area contributed by atoms with Gasteiger partial charge in [0.05, 0.1) is 12.1 Å². The predicted molar refractivity (Wildman–Crippen MR) is 133 cm³/mol. The molecule has 0 aliphatic heterocycles. The van der Waals surface area contributed by atoms with E-state index in [2.05, 4.69) is 46.2 Å². The molecule has 1 aromatic heterocycles. The van der Waals surface area contributed by atoms with Crippen LogP contribution in [0.2, 0.25) is 0 Å². The van der Waals surface area contributed by atoms with Crippen molar-refractivity contribution in [3.8, 4) is 0 Å². The lowest BCUT2D eigenvalue weighted by Gasteiger charge is -2.25. The summed E-state index contributed by atoms with van der Waals surface area (Å²) in [6.45, 7) is 1.30. The van der Waals surface area contributed by atoms with Gasteiger partial charge in [-0.05, 0) is 25.0 Å². The molecule has 0 fully saturated rings. The fourth-order valence-electron chi connectivity index (χ4n) is 3.21. The molecule has 5 unspecified atom stereocenters. The van der Waals surface area contributed by atoms with Gasteiger partial charge >= 0.3 is 5.97 Å². The number of carboxylic acids is 1. The number of aromatic amines is 1. The number of carbonyl (C=O) groups is 4. The number of hydrogen-bond acceptors (Lipinski definition) is 8. The van der Waals surface area contributed by atoms with E-state index in [1.54, 1.807) is 6.20 Å². The largest absolute Gasteiger partial charge is 0.480 e. The summed E-state index contributed by atoms with van der Waals surface area (Å²) in [5, 5.41) is 27.1. The standard InChI is InChI=1S/C21H29N5O6S2/c1-10(27)17(20(30)24-15(8-33)19(29)25-16(9-34)21(31)32)26-18(28)13(22)6-11-7-23-14-5-3-2-4-12(11)14/h2-5,7,10,13,15-17,23,27,33-34H,6,8-9,22H2,1H3,(H,24,30)(H,25,29)(H,26,28)(H,31,32). The van der Waals surface area contributed by atoms with Crippen LogP contribution in [-0.4, -0.2) is 80.7 Å². The van der Waals surface area contributed by atoms with Crippen molar-refractivity contribution in [3.05, 3.63) is 36.0 Å². The second kappa shape index (κ2) is 12.6. The second-order valence-electron chi connectivity index (χ2n) is 7.72. The smallest absolute Gasteiger partial charge is 0.327 e. The number of amides is 3. The predicted octanol–water partition coefficient (Wildman–Crippen LogP) is -1.18. The lowest BCUT2D eigenvalue weighted by atomic mass is 10.0. The fraction of sp³-hybridized carbons (Fsp3) is 0.429. The molecule has 2 rings (SSSR count). The Morgan fingerprint density at radius 3 is 2.21 bits per heavy atom. The number of carbonyl (C=O) groups excluding carboxylic acids is 3. The third-order valence-corrected chi connectivity index (χ3v) is 5.86. The molecule has 186 valence electrons. The molecular weight excluding hydrogens is 482 g/mol. The first-order valence-corrected chi connectivity index (χ1v) is 11.7. The summed E-state index contributed by atoms with van der Waals surface area (Å²) < 4.78 is 0. The maximum Gasteiger partial charge on any atom is 0.327 e. The van der Waals surface area contributed by atoms with Gasteiger partial charge in [-0.1, -0.05) is 18.2 Å². The number of fused-ring (bicyclic) bond motifs is 1. The molecule has 2 aromatic rings. The van der Waals surface area contributed by atoms with Crippen LogP contribution in [0.25, 0.3) is 10.9 Å². The number of aliphatic carboxylic acids is 1. The number of para-hydroxylation sites is 1. The van der Waals surface area contributed by atoms with E-state index in [4.69, 9.17) is 10.8 Å². The Bertz CT molecular complexity index is 1030. The van der Waals surface area contributed by atoms with Crippen molar-refractivity contribution in [2.24, 2.45) is 5.73 Å². The van der Waals surface area contributed by atoms with Gasteiger partial charge in [0.1, 0.15) is 18.1 Å². The van der Waals surface area contributed by atoms with Crippen molar-refractivity contribution in [1.29, 1.82) is 0 Å². The van der Waals surface area contributed by atoms with Gasteiger partial charge in [-0.2, -0.15) is 25.3 Å². The van der Waals surface area contributed by atoms with E-state index in [9.17, 15) is 24.3 Å². The van der Waals surface area contributed by atoms with Gasteiger partial charge in [0, 0.05) is 28.6 Å². The van der Waals surface area contributed by atoms with Gasteiger partial charge in [-0.25, -0.2) is 4.79 Å².